The van der Waals surface area contributed by atoms with Gasteiger partial charge in [-0.3, -0.25) is 4.79 Å². The minimum atomic E-state index is -0.0183. The number of benzodiazepines with no additional fused rings is 1. The lowest BCUT2D eigenvalue weighted by molar-refractivity contribution is -0.457. The number of thiophene rings is 1. The van der Waals surface area contributed by atoms with Crippen LogP contribution in [0.2, 0.25) is 0 Å². The maximum atomic E-state index is 12.4. The fourth-order valence-corrected chi connectivity index (χ4v) is 4.22. The molecule has 4 rings (SSSR count). The molecule has 6 heteroatoms. The molecule has 0 saturated carbocycles. The van der Waals surface area contributed by atoms with Crippen molar-refractivity contribution in [3.63, 3.8) is 0 Å². The molecular formula is C23H24ClN3OS. The maximum absolute atomic E-state index is 12.4. The lowest BCUT2D eigenvalue weighted by Gasteiger charge is -2.27. The molecule has 0 spiro atoms. The molecule has 1 aromatic heterocycles. The largest absolute Gasteiger partial charge is 1.00 e. The van der Waals surface area contributed by atoms with E-state index in [0.29, 0.717) is 6.54 Å². The Morgan fingerprint density at radius 2 is 2.00 bits per heavy atom. The summed E-state index contributed by atoms with van der Waals surface area (Å²) < 4.78 is 0. The molecule has 150 valence electrons. The highest BCUT2D eigenvalue weighted by Crippen LogP contribution is 2.25. The normalized spacial score (nSPS) is 15.6. The Labute approximate surface area is 181 Å². The van der Waals surface area contributed by atoms with E-state index in [-0.39, 0.29) is 24.4 Å². The summed E-state index contributed by atoms with van der Waals surface area (Å²) in [6, 6.07) is 19.0. The SMILES string of the molecule is Cc1ccc2c(c1)C(c1ccccc1)=[NH+]C[C@H](CNC(=O)c1ccsc1)N2C.[Cl-]. The Morgan fingerprint density at radius 1 is 1.21 bits per heavy atom. The molecule has 0 saturated heterocycles. The molecule has 0 radical (unpaired) electrons. The van der Waals surface area contributed by atoms with Crippen molar-refractivity contribution in [3.05, 3.63) is 87.6 Å². The zero-order valence-corrected chi connectivity index (χ0v) is 18.1. The molecule has 0 aliphatic carbocycles. The van der Waals surface area contributed by atoms with Crippen molar-refractivity contribution in [3.8, 4) is 0 Å². The van der Waals surface area contributed by atoms with E-state index < -0.39 is 0 Å². The van der Waals surface area contributed by atoms with Crippen LogP contribution >= 0.6 is 11.3 Å². The van der Waals surface area contributed by atoms with Crippen molar-refractivity contribution < 1.29 is 22.2 Å². The zero-order valence-electron chi connectivity index (χ0n) is 16.5. The highest BCUT2D eigenvalue weighted by Gasteiger charge is 2.28. The van der Waals surface area contributed by atoms with Crippen LogP contribution in [-0.4, -0.2) is 37.8 Å². The standard InChI is InChI=1S/C23H23N3OS.ClH/c1-16-8-9-21-20(12-16)22(17-6-4-3-5-7-17)24-13-19(26(21)2)14-25-23(27)18-10-11-28-15-18;/h3-12,15,19H,13-14H2,1-2H3,(H,25,27);1H/t19-;/m1./s1. The van der Waals surface area contributed by atoms with Crippen molar-refractivity contribution in [1.29, 1.82) is 0 Å². The average Bonchev–Trinajstić information content (AvgIpc) is 3.21. The molecule has 0 fully saturated rings. The fraction of sp³-hybridized carbons (Fsp3) is 0.217. The van der Waals surface area contributed by atoms with Gasteiger partial charge in [0, 0.05) is 30.1 Å². The van der Waals surface area contributed by atoms with E-state index in [1.165, 1.54) is 33.7 Å². The number of hydrogen-bond donors (Lipinski definition) is 2. The first-order chi connectivity index (χ1) is 13.6. The van der Waals surface area contributed by atoms with Gasteiger partial charge in [0.25, 0.3) is 5.91 Å². The summed E-state index contributed by atoms with van der Waals surface area (Å²) in [7, 11) is 2.10. The van der Waals surface area contributed by atoms with Crippen LogP contribution in [0, 0.1) is 6.92 Å². The third kappa shape index (κ3) is 4.52. The highest BCUT2D eigenvalue weighted by atomic mass is 35.5. The van der Waals surface area contributed by atoms with Gasteiger partial charge in [0.15, 0.2) is 6.54 Å². The molecule has 4 nitrogen and oxygen atoms in total. The van der Waals surface area contributed by atoms with Gasteiger partial charge in [-0.1, -0.05) is 29.8 Å². The van der Waals surface area contributed by atoms with E-state index in [1.807, 2.05) is 22.9 Å². The van der Waals surface area contributed by atoms with Crippen LogP contribution in [0.4, 0.5) is 5.69 Å². The van der Waals surface area contributed by atoms with Crippen LogP contribution in [0.3, 0.4) is 0 Å². The third-order valence-corrected chi connectivity index (χ3v) is 5.89. The van der Waals surface area contributed by atoms with E-state index in [0.717, 1.165) is 17.8 Å². The highest BCUT2D eigenvalue weighted by molar-refractivity contribution is 7.08. The number of anilines is 1. The second-order valence-corrected chi connectivity index (χ2v) is 7.91. The summed E-state index contributed by atoms with van der Waals surface area (Å²) in [6.07, 6.45) is 0. The van der Waals surface area contributed by atoms with Crippen molar-refractivity contribution in [2.45, 2.75) is 13.0 Å². The number of hydrogen-bond acceptors (Lipinski definition) is 3. The summed E-state index contributed by atoms with van der Waals surface area (Å²) >= 11 is 1.54. The van der Waals surface area contributed by atoms with E-state index in [1.54, 1.807) is 0 Å². The van der Waals surface area contributed by atoms with Gasteiger partial charge in [0.05, 0.1) is 11.3 Å². The Morgan fingerprint density at radius 3 is 2.72 bits per heavy atom. The molecule has 29 heavy (non-hydrogen) atoms. The number of likely N-dealkylation sites (N-methyl/N-ethyl adjacent to an activating group) is 1. The molecule has 0 unspecified atom stereocenters. The molecule has 2 aromatic carbocycles. The summed E-state index contributed by atoms with van der Waals surface area (Å²) in [5.41, 5.74) is 6.63. The predicted octanol–water partition coefficient (Wildman–Crippen LogP) is -0.773. The second-order valence-electron chi connectivity index (χ2n) is 7.13. The lowest BCUT2D eigenvalue weighted by Crippen LogP contribution is -3.00. The number of benzene rings is 2. The molecule has 1 aliphatic rings. The molecule has 1 atom stereocenters. The van der Waals surface area contributed by atoms with Gasteiger partial charge in [0.1, 0.15) is 6.04 Å². The van der Waals surface area contributed by atoms with Crippen LogP contribution in [0.5, 0.6) is 0 Å². The van der Waals surface area contributed by atoms with Crippen LogP contribution in [-0.2, 0) is 0 Å². The van der Waals surface area contributed by atoms with Gasteiger partial charge in [-0.2, -0.15) is 11.3 Å². The van der Waals surface area contributed by atoms with E-state index in [4.69, 9.17) is 0 Å². The van der Waals surface area contributed by atoms with Gasteiger partial charge >= 0.3 is 0 Å². The quantitative estimate of drug-likeness (QED) is 0.576. The molecular weight excluding hydrogens is 402 g/mol. The minimum Gasteiger partial charge on any atom is -1.00 e. The van der Waals surface area contributed by atoms with Gasteiger partial charge in [-0.15, -0.1) is 0 Å². The van der Waals surface area contributed by atoms with Gasteiger partial charge in [-0.25, -0.2) is 4.99 Å². The van der Waals surface area contributed by atoms with Crippen molar-refractivity contribution in [2.75, 3.05) is 25.0 Å². The predicted molar refractivity (Wildman–Crippen MR) is 116 cm³/mol. The van der Waals surface area contributed by atoms with Gasteiger partial charge < -0.3 is 22.6 Å². The summed E-state index contributed by atoms with van der Waals surface area (Å²) in [4.78, 5) is 18.3. The van der Waals surface area contributed by atoms with Crippen molar-refractivity contribution in [2.24, 2.45) is 0 Å². The first kappa shape index (κ1) is 21.1. The van der Waals surface area contributed by atoms with Crippen LogP contribution in [0.25, 0.3) is 0 Å². The topological polar surface area (TPSA) is 46.3 Å². The van der Waals surface area contributed by atoms with Crippen molar-refractivity contribution >= 4 is 28.6 Å². The molecule has 1 aliphatic heterocycles. The maximum Gasteiger partial charge on any atom is 0.252 e. The first-order valence-corrected chi connectivity index (χ1v) is 10.4. The van der Waals surface area contributed by atoms with E-state index >= 15 is 0 Å². The number of carbonyl (C=O) groups excluding carboxylic acids is 1. The van der Waals surface area contributed by atoms with Crippen LogP contribution in [0.1, 0.15) is 27.0 Å². The summed E-state index contributed by atoms with van der Waals surface area (Å²) in [6.45, 7) is 3.44. The number of amides is 1. The van der Waals surface area contributed by atoms with Gasteiger partial charge in [-0.05, 0) is 42.6 Å². The van der Waals surface area contributed by atoms with Crippen LogP contribution in [0.15, 0.2) is 65.4 Å². The molecule has 3 aromatic rings. The Balaban J connectivity index is 0.00000240. The number of rotatable bonds is 4. The summed E-state index contributed by atoms with van der Waals surface area (Å²) in [5.74, 6) is -0.0183. The molecule has 1 amide bonds. The first-order valence-electron chi connectivity index (χ1n) is 9.44. The number of nitrogens with zero attached hydrogens (tertiary/aromatic N) is 1. The Kier molecular flexibility index (Phi) is 6.72. The van der Waals surface area contributed by atoms with Crippen LogP contribution < -0.4 is 27.6 Å². The smallest absolute Gasteiger partial charge is 0.252 e. The zero-order chi connectivity index (χ0) is 19.5. The number of halogens is 1. The Hall–Kier alpha value is -2.63. The van der Waals surface area contributed by atoms with E-state index in [9.17, 15) is 4.79 Å². The van der Waals surface area contributed by atoms with E-state index in [2.05, 4.69) is 71.6 Å². The van der Waals surface area contributed by atoms with Crippen molar-refractivity contribution in [1.82, 2.24) is 5.32 Å². The second kappa shape index (κ2) is 9.25. The average molecular weight is 426 g/mol. The fourth-order valence-electron chi connectivity index (χ4n) is 3.58. The Bertz CT molecular complexity index is 1000. The number of fused-ring (bicyclic) bond motifs is 1. The number of carbonyl (C=O) groups is 1. The number of nitrogens with one attached hydrogen (secondary N) is 2. The molecule has 2 heterocycles. The monoisotopic (exact) mass is 425 g/mol. The molecule has 2 N–H and O–H groups in total. The van der Waals surface area contributed by atoms with Gasteiger partial charge in [0.2, 0.25) is 5.71 Å². The number of aryl methyl sites for hydroxylation is 1. The summed E-state index contributed by atoms with van der Waals surface area (Å²) in [5, 5.41) is 6.89. The minimum absolute atomic E-state index is 0. The molecule has 0 bridgehead atoms. The lowest BCUT2D eigenvalue weighted by atomic mass is 9.98. The third-order valence-electron chi connectivity index (χ3n) is 5.21.